The third-order valence-corrected chi connectivity index (χ3v) is 8.04. The fraction of sp³-hybridized carbons (Fsp3) is 0.391. The van der Waals surface area contributed by atoms with Crippen LogP contribution < -0.4 is 5.32 Å². The Hall–Kier alpha value is -2.13. The first-order valence-electron chi connectivity index (χ1n) is 10.6. The summed E-state index contributed by atoms with van der Waals surface area (Å²) in [6.45, 7) is 3.24. The molecule has 2 saturated heterocycles. The number of nitrogens with zero attached hydrogens (tertiary/aromatic N) is 3. The Morgan fingerprint density at radius 3 is 2.77 bits per heavy atom. The molecule has 0 saturated carbocycles. The van der Waals surface area contributed by atoms with Gasteiger partial charge in [-0.05, 0) is 68.9 Å². The first kappa shape index (κ1) is 20.8. The van der Waals surface area contributed by atoms with Gasteiger partial charge in [0.1, 0.15) is 10.6 Å². The predicted octanol–water partition coefficient (Wildman–Crippen LogP) is 6.05. The minimum atomic E-state index is -0.276. The summed E-state index contributed by atoms with van der Waals surface area (Å²) < 4.78 is 20.3. The number of hydrogen-bond acceptors (Lipinski definition) is 7. The standard InChI is InChI=1S/C14H8FN3S2.C9H17NO/c15-9-5-13-12(17-7-20-13)6-11(9)18-10-1-3-16-14-8(10)2-4-19-14;1-10-6-2-3-9(10)4-7-11-8-5-9/h1-7H,(H,16,18);2-8H2,1H3. The van der Waals surface area contributed by atoms with E-state index in [-0.39, 0.29) is 5.82 Å². The highest BCUT2D eigenvalue weighted by atomic mass is 32.1. The number of benzene rings is 1. The van der Waals surface area contributed by atoms with Crippen molar-refractivity contribution >= 4 is 54.5 Å². The van der Waals surface area contributed by atoms with Gasteiger partial charge in [0.15, 0.2) is 0 Å². The number of hydrogen-bond donors (Lipinski definition) is 1. The van der Waals surface area contributed by atoms with E-state index in [1.807, 2.05) is 17.5 Å². The molecule has 0 bridgehead atoms. The molecule has 0 aliphatic carbocycles. The topological polar surface area (TPSA) is 50.3 Å². The summed E-state index contributed by atoms with van der Waals surface area (Å²) in [6, 6.07) is 7.08. The zero-order valence-electron chi connectivity index (χ0n) is 17.4. The number of likely N-dealkylation sites (tertiary alicyclic amines) is 1. The summed E-state index contributed by atoms with van der Waals surface area (Å²) in [4.78, 5) is 12.0. The smallest absolute Gasteiger partial charge is 0.148 e. The molecular weight excluding hydrogens is 431 g/mol. The lowest BCUT2D eigenvalue weighted by molar-refractivity contribution is 0.00189. The molecule has 0 atom stereocenters. The third kappa shape index (κ3) is 4.17. The van der Waals surface area contributed by atoms with E-state index in [1.165, 1.54) is 49.6 Å². The number of thiazole rings is 1. The zero-order valence-corrected chi connectivity index (χ0v) is 19.1. The minimum absolute atomic E-state index is 0.276. The molecular formula is C23H25FN4OS2. The number of halogens is 1. The highest BCUT2D eigenvalue weighted by Gasteiger charge is 2.39. The van der Waals surface area contributed by atoms with Gasteiger partial charge in [0, 0.05) is 30.3 Å². The Morgan fingerprint density at radius 2 is 1.97 bits per heavy atom. The number of anilines is 2. The first-order chi connectivity index (χ1) is 15.1. The van der Waals surface area contributed by atoms with Crippen molar-refractivity contribution in [1.82, 2.24) is 14.9 Å². The van der Waals surface area contributed by atoms with Crippen molar-refractivity contribution in [3.05, 3.63) is 47.2 Å². The fourth-order valence-corrected chi connectivity index (χ4v) is 6.00. The molecule has 8 heteroatoms. The van der Waals surface area contributed by atoms with Gasteiger partial charge in [-0.3, -0.25) is 0 Å². The first-order valence-corrected chi connectivity index (χ1v) is 12.3. The molecule has 6 rings (SSSR count). The largest absolute Gasteiger partial charge is 0.381 e. The van der Waals surface area contributed by atoms with Crippen LogP contribution in [0.1, 0.15) is 25.7 Å². The van der Waals surface area contributed by atoms with E-state index >= 15 is 0 Å². The summed E-state index contributed by atoms with van der Waals surface area (Å²) in [6.07, 6.45) is 7.01. The number of rotatable bonds is 2. The van der Waals surface area contributed by atoms with E-state index in [9.17, 15) is 4.39 Å². The number of fused-ring (bicyclic) bond motifs is 2. The van der Waals surface area contributed by atoms with Crippen molar-refractivity contribution in [2.24, 2.45) is 0 Å². The van der Waals surface area contributed by atoms with Crippen molar-refractivity contribution < 1.29 is 9.13 Å². The van der Waals surface area contributed by atoms with Crippen LogP contribution >= 0.6 is 22.7 Å². The van der Waals surface area contributed by atoms with Crippen LogP contribution in [0.25, 0.3) is 20.4 Å². The van der Waals surface area contributed by atoms with E-state index in [1.54, 1.807) is 29.1 Å². The average Bonchev–Trinajstić information content (AvgIpc) is 3.51. The molecule has 31 heavy (non-hydrogen) atoms. The van der Waals surface area contributed by atoms with Crippen LogP contribution in [0.4, 0.5) is 15.8 Å². The second-order valence-electron chi connectivity index (χ2n) is 8.14. The quantitative estimate of drug-likeness (QED) is 0.398. The molecule has 1 aromatic carbocycles. The summed E-state index contributed by atoms with van der Waals surface area (Å²) in [5, 5.41) is 6.11. The molecule has 0 amide bonds. The van der Waals surface area contributed by atoms with Crippen LogP contribution in [0.3, 0.4) is 0 Å². The Labute approximate surface area is 188 Å². The van der Waals surface area contributed by atoms with Crippen molar-refractivity contribution in [2.75, 3.05) is 32.1 Å². The Bertz CT molecular complexity index is 1180. The summed E-state index contributed by atoms with van der Waals surface area (Å²) in [5.74, 6) is -0.276. The Morgan fingerprint density at radius 1 is 1.10 bits per heavy atom. The molecule has 5 nitrogen and oxygen atoms in total. The maximum Gasteiger partial charge on any atom is 0.148 e. The average molecular weight is 457 g/mol. The predicted molar refractivity (Wildman–Crippen MR) is 127 cm³/mol. The number of nitrogens with one attached hydrogen (secondary N) is 1. The lowest BCUT2D eigenvalue weighted by atomic mass is 9.88. The van der Waals surface area contributed by atoms with Gasteiger partial charge in [-0.1, -0.05) is 0 Å². The van der Waals surface area contributed by atoms with Crippen LogP contribution in [0, 0.1) is 5.82 Å². The van der Waals surface area contributed by atoms with Crippen LogP contribution in [0.5, 0.6) is 0 Å². The second kappa shape index (κ2) is 8.78. The zero-order chi connectivity index (χ0) is 21.3. The van der Waals surface area contributed by atoms with Crippen molar-refractivity contribution in [3.8, 4) is 0 Å². The summed E-state index contributed by atoms with van der Waals surface area (Å²) >= 11 is 3.00. The van der Waals surface area contributed by atoms with Gasteiger partial charge < -0.3 is 15.0 Å². The van der Waals surface area contributed by atoms with Crippen molar-refractivity contribution in [2.45, 2.75) is 31.2 Å². The minimum Gasteiger partial charge on any atom is -0.381 e. The Kier molecular flexibility index (Phi) is 5.88. The van der Waals surface area contributed by atoms with Gasteiger partial charge in [-0.2, -0.15) is 0 Å². The number of pyridine rings is 1. The van der Waals surface area contributed by atoms with Gasteiger partial charge >= 0.3 is 0 Å². The number of thiophene rings is 1. The van der Waals surface area contributed by atoms with E-state index < -0.39 is 0 Å². The van der Waals surface area contributed by atoms with E-state index in [4.69, 9.17) is 4.74 Å². The van der Waals surface area contributed by atoms with Gasteiger partial charge in [0.25, 0.3) is 0 Å². The summed E-state index contributed by atoms with van der Waals surface area (Å²) in [7, 11) is 2.26. The molecule has 2 fully saturated rings. The highest BCUT2D eigenvalue weighted by Crippen LogP contribution is 2.36. The second-order valence-corrected chi connectivity index (χ2v) is 9.92. The fourth-order valence-electron chi connectivity index (χ4n) is 4.56. The van der Waals surface area contributed by atoms with Crippen LogP contribution in [-0.4, -0.2) is 47.2 Å². The van der Waals surface area contributed by atoms with Gasteiger partial charge in [-0.15, -0.1) is 22.7 Å². The molecule has 3 aromatic heterocycles. The van der Waals surface area contributed by atoms with Gasteiger partial charge in [-0.25, -0.2) is 14.4 Å². The van der Waals surface area contributed by atoms with E-state index in [0.29, 0.717) is 11.2 Å². The molecule has 5 heterocycles. The lowest BCUT2D eigenvalue weighted by Gasteiger charge is -2.39. The van der Waals surface area contributed by atoms with Crippen LogP contribution in [0.15, 0.2) is 41.4 Å². The molecule has 2 aliphatic heterocycles. The molecule has 4 aromatic rings. The maximum atomic E-state index is 14.1. The van der Waals surface area contributed by atoms with Gasteiger partial charge in [0.2, 0.25) is 0 Å². The number of aromatic nitrogens is 2. The van der Waals surface area contributed by atoms with Gasteiger partial charge in [0.05, 0.1) is 27.1 Å². The lowest BCUT2D eigenvalue weighted by Crippen LogP contribution is -2.45. The Balaban J connectivity index is 0.000000157. The maximum absolute atomic E-state index is 14.1. The van der Waals surface area contributed by atoms with Crippen LogP contribution in [-0.2, 0) is 4.74 Å². The number of ether oxygens (including phenoxy) is 1. The summed E-state index contributed by atoms with van der Waals surface area (Å²) in [5.41, 5.74) is 4.34. The van der Waals surface area contributed by atoms with Crippen molar-refractivity contribution in [1.29, 1.82) is 0 Å². The molecule has 2 aliphatic rings. The molecule has 0 unspecified atom stereocenters. The molecule has 1 N–H and O–H groups in total. The SMILES string of the molecule is CN1CCCC12CCOCC2.Fc1cc2scnc2cc1Nc1ccnc2sccc12. The molecule has 1 spiro atoms. The highest BCUT2D eigenvalue weighted by molar-refractivity contribution is 7.17. The molecule has 0 radical (unpaired) electrons. The monoisotopic (exact) mass is 456 g/mol. The normalized spacial score (nSPS) is 18.4. The van der Waals surface area contributed by atoms with E-state index in [0.717, 1.165) is 39.3 Å². The van der Waals surface area contributed by atoms with Crippen molar-refractivity contribution in [3.63, 3.8) is 0 Å². The van der Waals surface area contributed by atoms with E-state index in [2.05, 4.69) is 27.2 Å². The molecule has 162 valence electrons. The van der Waals surface area contributed by atoms with Crippen LogP contribution in [0.2, 0.25) is 0 Å². The third-order valence-electron chi connectivity index (χ3n) is 6.43.